The second kappa shape index (κ2) is 9.03. The number of alkyl halides is 5. The van der Waals surface area contributed by atoms with Crippen LogP contribution >= 0.6 is 0 Å². The first kappa shape index (κ1) is 25.1. The zero-order valence-electron chi connectivity index (χ0n) is 16.9. The Bertz CT molecular complexity index is 1220. The van der Waals surface area contributed by atoms with Crippen molar-refractivity contribution in [3.63, 3.8) is 0 Å². The number of halogens is 10. The van der Waals surface area contributed by atoms with Crippen LogP contribution in [0.1, 0.15) is 16.7 Å². The molecular weight excluding hydrogens is 482 g/mol. The minimum Gasteiger partial charge on any atom is -0.426 e. The molecule has 0 saturated carbocycles. The Kier molecular flexibility index (Phi) is 6.68. The van der Waals surface area contributed by atoms with Gasteiger partial charge < -0.3 is 4.74 Å². The first-order valence-electron chi connectivity index (χ1n) is 9.26. The van der Waals surface area contributed by atoms with Crippen molar-refractivity contribution in [1.82, 2.24) is 0 Å². The Hall–Kier alpha value is -3.50. The van der Waals surface area contributed by atoms with E-state index in [9.17, 15) is 43.9 Å². The van der Waals surface area contributed by atoms with Gasteiger partial charge in [0, 0.05) is 5.56 Å². The fraction of sp³-hybridized carbons (Fsp3) is 0.130. The standard InChI is InChI=1S/C23H12F10O/c1-11-2-4-13(5-3-11)23(32,33)34-18-7-6-14(20(27)21(18)28)12-8-15(24)19(16(25)9-12)17(26)10-22(29,30)31/h2-10H,1H3/b17-10-. The van der Waals surface area contributed by atoms with Gasteiger partial charge in [-0.2, -0.15) is 26.3 Å². The van der Waals surface area contributed by atoms with Crippen LogP contribution < -0.4 is 4.74 Å². The van der Waals surface area contributed by atoms with Crippen molar-refractivity contribution < 1.29 is 48.6 Å². The van der Waals surface area contributed by atoms with Crippen molar-refractivity contribution in [1.29, 1.82) is 0 Å². The Labute approximate surface area is 185 Å². The molecule has 0 atom stereocenters. The summed E-state index contributed by atoms with van der Waals surface area (Å²) >= 11 is 0. The molecule has 0 bridgehead atoms. The fourth-order valence-corrected chi connectivity index (χ4v) is 2.95. The molecule has 11 heteroatoms. The molecule has 0 aliphatic carbocycles. The average Bonchev–Trinajstić information content (AvgIpc) is 2.70. The summed E-state index contributed by atoms with van der Waals surface area (Å²) in [6, 6.07) is 6.47. The number of benzene rings is 3. The minimum absolute atomic E-state index is 0.265. The zero-order chi connectivity index (χ0) is 25.4. The lowest BCUT2D eigenvalue weighted by atomic mass is 10.0. The molecule has 0 unspecified atom stereocenters. The van der Waals surface area contributed by atoms with E-state index in [1.54, 1.807) is 6.92 Å². The molecule has 0 spiro atoms. The molecule has 0 saturated heterocycles. The zero-order valence-corrected chi connectivity index (χ0v) is 16.9. The van der Waals surface area contributed by atoms with Crippen molar-refractivity contribution in [2.45, 2.75) is 19.2 Å². The van der Waals surface area contributed by atoms with Gasteiger partial charge in [-0.15, -0.1) is 0 Å². The maximum absolute atomic E-state index is 14.5. The monoisotopic (exact) mass is 494 g/mol. The number of allylic oxidation sites excluding steroid dienone is 1. The smallest absolute Gasteiger partial charge is 0.426 e. The topological polar surface area (TPSA) is 9.23 Å². The van der Waals surface area contributed by atoms with Gasteiger partial charge in [0.2, 0.25) is 5.82 Å². The summed E-state index contributed by atoms with van der Waals surface area (Å²) in [5.41, 5.74) is -3.24. The van der Waals surface area contributed by atoms with Crippen LogP contribution in [0.15, 0.2) is 54.6 Å². The van der Waals surface area contributed by atoms with E-state index in [1.807, 2.05) is 0 Å². The molecule has 34 heavy (non-hydrogen) atoms. The van der Waals surface area contributed by atoms with Crippen LogP contribution in [0.2, 0.25) is 0 Å². The van der Waals surface area contributed by atoms with E-state index >= 15 is 0 Å². The highest BCUT2D eigenvalue weighted by molar-refractivity contribution is 5.70. The van der Waals surface area contributed by atoms with E-state index in [0.717, 1.165) is 12.1 Å². The summed E-state index contributed by atoms with van der Waals surface area (Å²) in [4.78, 5) is 0. The maximum Gasteiger partial charge on any atom is 0.426 e. The molecule has 0 heterocycles. The van der Waals surface area contributed by atoms with Crippen LogP contribution in [0.4, 0.5) is 43.9 Å². The van der Waals surface area contributed by atoms with Gasteiger partial charge in [0.15, 0.2) is 11.6 Å². The van der Waals surface area contributed by atoms with Crippen LogP contribution in [0.5, 0.6) is 5.75 Å². The van der Waals surface area contributed by atoms with Gasteiger partial charge in [-0.25, -0.2) is 17.6 Å². The van der Waals surface area contributed by atoms with Gasteiger partial charge in [-0.3, -0.25) is 0 Å². The number of rotatable bonds is 5. The third-order valence-electron chi connectivity index (χ3n) is 4.55. The van der Waals surface area contributed by atoms with Crippen LogP contribution in [0, 0.1) is 30.2 Å². The van der Waals surface area contributed by atoms with Crippen molar-refractivity contribution in [3.8, 4) is 16.9 Å². The van der Waals surface area contributed by atoms with E-state index in [4.69, 9.17) is 0 Å². The summed E-state index contributed by atoms with van der Waals surface area (Å²) < 4.78 is 141. The summed E-state index contributed by atoms with van der Waals surface area (Å²) in [6.45, 7) is 1.63. The largest absolute Gasteiger partial charge is 0.426 e. The van der Waals surface area contributed by atoms with Gasteiger partial charge in [0.25, 0.3) is 0 Å². The Morgan fingerprint density at radius 3 is 1.88 bits per heavy atom. The predicted molar refractivity (Wildman–Crippen MR) is 103 cm³/mol. The third-order valence-corrected chi connectivity index (χ3v) is 4.55. The number of hydrogen-bond acceptors (Lipinski definition) is 1. The molecule has 0 fully saturated rings. The molecule has 0 N–H and O–H groups in total. The van der Waals surface area contributed by atoms with Gasteiger partial charge in [0.05, 0.1) is 17.2 Å². The minimum atomic E-state index is -5.21. The highest BCUT2D eigenvalue weighted by Gasteiger charge is 2.36. The predicted octanol–water partition coefficient (Wildman–Crippen LogP) is 8.22. The first-order chi connectivity index (χ1) is 15.7. The van der Waals surface area contributed by atoms with E-state index in [2.05, 4.69) is 4.74 Å². The molecule has 0 amide bonds. The second-order valence-electron chi connectivity index (χ2n) is 7.07. The van der Waals surface area contributed by atoms with Gasteiger partial charge >= 0.3 is 12.3 Å². The van der Waals surface area contributed by atoms with Crippen molar-refractivity contribution in [3.05, 3.63) is 94.6 Å². The first-order valence-corrected chi connectivity index (χ1v) is 9.26. The Morgan fingerprint density at radius 1 is 0.794 bits per heavy atom. The van der Waals surface area contributed by atoms with E-state index in [0.29, 0.717) is 17.7 Å². The molecule has 1 nitrogen and oxygen atoms in total. The summed E-state index contributed by atoms with van der Waals surface area (Å²) in [7, 11) is 0. The Morgan fingerprint density at radius 2 is 1.35 bits per heavy atom. The van der Waals surface area contributed by atoms with Crippen LogP contribution in [-0.4, -0.2) is 6.18 Å². The van der Waals surface area contributed by atoms with Crippen LogP contribution in [-0.2, 0) is 6.11 Å². The number of ether oxygens (including phenoxy) is 1. The van der Waals surface area contributed by atoms with Crippen molar-refractivity contribution in [2.24, 2.45) is 0 Å². The Balaban J connectivity index is 1.98. The van der Waals surface area contributed by atoms with Gasteiger partial charge in [0.1, 0.15) is 17.5 Å². The molecular formula is C23H12F10O. The molecule has 3 rings (SSSR count). The molecule has 180 valence electrons. The second-order valence-corrected chi connectivity index (χ2v) is 7.07. The summed E-state index contributed by atoms with van der Waals surface area (Å²) in [6.07, 6.45) is -10.3. The fourth-order valence-electron chi connectivity index (χ4n) is 2.95. The molecule has 3 aromatic carbocycles. The molecule has 0 aromatic heterocycles. The summed E-state index contributed by atoms with van der Waals surface area (Å²) in [5.74, 6) is -10.9. The molecule has 3 aromatic rings. The van der Waals surface area contributed by atoms with E-state index in [1.165, 1.54) is 12.1 Å². The van der Waals surface area contributed by atoms with Crippen molar-refractivity contribution >= 4 is 5.83 Å². The number of aryl methyl sites for hydroxylation is 1. The van der Waals surface area contributed by atoms with E-state index < -0.39 is 75.5 Å². The summed E-state index contributed by atoms with van der Waals surface area (Å²) in [5, 5.41) is 0. The molecule has 0 radical (unpaired) electrons. The SMILES string of the molecule is Cc1ccc(C(F)(F)Oc2ccc(-c3cc(F)c(/C(F)=C/C(F)(F)F)c(F)c3)c(F)c2F)cc1. The van der Waals surface area contributed by atoms with Crippen molar-refractivity contribution in [2.75, 3.05) is 0 Å². The van der Waals surface area contributed by atoms with Gasteiger partial charge in [-0.1, -0.05) is 17.7 Å². The third kappa shape index (κ3) is 5.35. The van der Waals surface area contributed by atoms with Crippen LogP contribution in [0.3, 0.4) is 0 Å². The maximum atomic E-state index is 14.5. The molecule has 0 aliphatic rings. The highest BCUT2D eigenvalue weighted by Crippen LogP contribution is 2.38. The quantitative estimate of drug-likeness (QED) is 0.325. The lowest BCUT2D eigenvalue weighted by Gasteiger charge is -2.19. The average molecular weight is 494 g/mol. The molecule has 0 aliphatic heterocycles. The van der Waals surface area contributed by atoms with Crippen LogP contribution in [0.25, 0.3) is 17.0 Å². The lowest BCUT2D eigenvalue weighted by molar-refractivity contribution is -0.187. The lowest BCUT2D eigenvalue weighted by Crippen LogP contribution is -2.22. The number of hydrogen-bond donors (Lipinski definition) is 0. The highest BCUT2D eigenvalue weighted by atomic mass is 19.4. The van der Waals surface area contributed by atoms with Gasteiger partial charge in [-0.05, 0) is 48.9 Å². The normalized spacial score (nSPS) is 12.7. The van der Waals surface area contributed by atoms with E-state index in [-0.39, 0.29) is 12.1 Å².